The number of benzene rings is 1. The van der Waals surface area contributed by atoms with Gasteiger partial charge in [-0.25, -0.2) is 9.97 Å². The summed E-state index contributed by atoms with van der Waals surface area (Å²) in [5.41, 5.74) is 2.45. The first-order valence-electron chi connectivity index (χ1n) is 11.9. The van der Waals surface area contributed by atoms with E-state index in [0.29, 0.717) is 34.0 Å². The maximum atomic E-state index is 14.0. The Labute approximate surface area is 198 Å². The second-order valence-electron chi connectivity index (χ2n) is 9.75. The predicted octanol–water partition coefficient (Wildman–Crippen LogP) is 4.46. The fourth-order valence-electron chi connectivity index (χ4n) is 5.57. The minimum atomic E-state index is 0.00907. The lowest BCUT2D eigenvalue weighted by molar-refractivity contribution is -0.0571. The molecule has 7 rings (SSSR count). The third kappa shape index (κ3) is 3.82. The first-order valence-corrected chi connectivity index (χ1v) is 12.3. The largest absolute Gasteiger partial charge is 0.332 e. The number of fused-ring (bicyclic) bond motifs is 2. The zero-order chi connectivity index (χ0) is 22.5. The van der Waals surface area contributed by atoms with Crippen molar-refractivity contribution in [1.82, 2.24) is 29.9 Å². The van der Waals surface area contributed by atoms with Crippen molar-refractivity contribution in [3.05, 3.63) is 65.0 Å². The summed E-state index contributed by atoms with van der Waals surface area (Å²) < 4.78 is 0. The zero-order valence-electron chi connectivity index (χ0n) is 18.6. The first-order chi connectivity index (χ1) is 16.1. The molecule has 1 amide bonds. The first kappa shape index (κ1) is 20.8. The molecular weight excluding hydrogens is 436 g/mol. The number of halogens is 1. The van der Waals surface area contributed by atoms with Crippen molar-refractivity contribution in [2.75, 3.05) is 0 Å². The topological polar surface area (TPSA) is 76.8 Å². The highest BCUT2D eigenvalue weighted by Crippen LogP contribution is 2.48. The van der Waals surface area contributed by atoms with E-state index in [0.717, 1.165) is 31.5 Å². The summed E-state index contributed by atoms with van der Waals surface area (Å²) in [5.74, 6) is 2.66. The number of aromatic nitrogens is 5. The van der Waals surface area contributed by atoms with Crippen LogP contribution in [0.25, 0.3) is 5.69 Å². The van der Waals surface area contributed by atoms with E-state index in [1.54, 1.807) is 24.5 Å². The smallest absolute Gasteiger partial charge is 0.256 e. The zero-order valence-corrected chi connectivity index (χ0v) is 19.4. The van der Waals surface area contributed by atoms with Gasteiger partial charge >= 0.3 is 0 Å². The van der Waals surface area contributed by atoms with Gasteiger partial charge in [-0.2, -0.15) is 15.0 Å². The molecule has 2 atom stereocenters. The Kier molecular flexibility index (Phi) is 5.17. The Bertz CT molecular complexity index is 1150. The lowest BCUT2D eigenvalue weighted by atomic mass is 9.64. The molecule has 0 spiro atoms. The number of aryl methyl sites for hydroxylation is 1. The monoisotopic (exact) mass is 462 g/mol. The van der Waals surface area contributed by atoms with Crippen LogP contribution in [0.3, 0.4) is 0 Å². The van der Waals surface area contributed by atoms with Gasteiger partial charge in [-0.05, 0) is 73.6 Å². The molecule has 4 fully saturated rings. The fourth-order valence-corrected chi connectivity index (χ4v) is 5.75. The van der Waals surface area contributed by atoms with Gasteiger partial charge in [0.1, 0.15) is 5.82 Å². The summed E-state index contributed by atoms with van der Waals surface area (Å²) in [5, 5.41) is 9.02. The molecule has 0 N–H and O–H groups in total. The Morgan fingerprint density at radius 2 is 1.85 bits per heavy atom. The normalized spacial score (nSPS) is 26.2. The quantitative estimate of drug-likeness (QED) is 0.540. The summed E-state index contributed by atoms with van der Waals surface area (Å²) in [6, 6.07) is 5.76. The predicted molar refractivity (Wildman–Crippen MR) is 124 cm³/mol. The van der Waals surface area contributed by atoms with Crippen molar-refractivity contribution < 1.29 is 4.79 Å². The molecule has 3 aromatic rings. The van der Waals surface area contributed by atoms with Crippen molar-refractivity contribution in [3.63, 3.8) is 0 Å². The summed E-state index contributed by atoms with van der Waals surface area (Å²) in [6.07, 6.45) is 13.5. The summed E-state index contributed by atoms with van der Waals surface area (Å²) >= 11 is 6.32. The number of carbonyl (C=O) groups excluding carboxylic acids is 1. The van der Waals surface area contributed by atoms with Crippen LogP contribution in [0.15, 0.2) is 43.0 Å². The van der Waals surface area contributed by atoms with Crippen LogP contribution >= 0.6 is 11.6 Å². The fraction of sp³-hybridized carbons (Fsp3) is 0.480. The molecular formula is C25H27ClN6O. The number of rotatable bonds is 6. The average Bonchev–Trinajstić information content (AvgIpc) is 3.51. The van der Waals surface area contributed by atoms with Gasteiger partial charge in [-0.15, -0.1) is 0 Å². The number of amides is 1. The number of hydrogen-bond donors (Lipinski definition) is 0. The van der Waals surface area contributed by atoms with E-state index in [2.05, 4.69) is 32.0 Å². The van der Waals surface area contributed by atoms with E-state index in [1.165, 1.54) is 23.2 Å². The molecule has 2 bridgehead atoms. The van der Waals surface area contributed by atoms with Gasteiger partial charge in [0.2, 0.25) is 0 Å². The molecule has 2 aromatic heterocycles. The molecule has 170 valence electrons. The number of nitrogens with zero attached hydrogens (tertiary/aromatic N) is 6. The lowest BCUT2D eigenvalue weighted by Crippen LogP contribution is -2.63. The molecule has 2 aliphatic carbocycles. The van der Waals surface area contributed by atoms with Crippen molar-refractivity contribution in [2.24, 2.45) is 11.8 Å². The number of piperidine rings is 2. The molecule has 4 heterocycles. The Morgan fingerprint density at radius 3 is 2.55 bits per heavy atom. The maximum Gasteiger partial charge on any atom is 0.256 e. The Hall–Kier alpha value is -2.80. The highest BCUT2D eigenvalue weighted by atomic mass is 35.5. The molecule has 1 unspecified atom stereocenters. The molecule has 7 nitrogen and oxygen atoms in total. The SMILES string of the molecule is C[C@@H]1C2CC(C2)N(C(=O)c2cc(Cl)ccc2-n2nccn2)C1CCc1ncc(C2CC2)cn1. The third-order valence-corrected chi connectivity index (χ3v) is 7.98. The minimum absolute atomic E-state index is 0.00907. The molecule has 2 saturated heterocycles. The van der Waals surface area contributed by atoms with Crippen LogP contribution < -0.4 is 0 Å². The average molecular weight is 463 g/mol. The van der Waals surface area contributed by atoms with Crippen LogP contribution in [0.5, 0.6) is 0 Å². The molecule has 33 heavy (non-hydrogen) atoms. The highest BCUT2D eigenvalue weighted by molar-refractivity contribution is 6.31. The van der Waals surface area contributed by atoms with Gasteiger partial charge < -0.3 is 4.90 Å². The molecule has 0 radical (unpaired) electrons. The minimum Gasteiger partial charge on any atom is -0.332 e. The van der Waals surface area contributed by atoms with Crippen LogP contribution in [-0.4, -0.2) is 47.9 Å². The third-order valence-electron chi connectivity index (χ3n) is 7.75. The van der Waals surface area contributed by atoms with Gasteiger partial charge in [0.25, 0.3) is 5.91 Å². The van der Waals surface area contributed by atoms with Crippen molar-refractivity contribution in [3.8, 4) is 5.69 Å². The Morgan fingerprint density at radius 1 is 1.12 bits per heavy atom. The van der Waals surface area contributed by atoms with E-state index in [4.69, 9.17) is 11.6 Å². The van der Waals surface area contributed by atoms with Crippen LogP contribution in [-0.2, 0) is 6.42 Å². The second-order valence-corrected chi connectivity index (χ2v) is 10.2. The second kappa shape index (κ2) is 8.20. The van der Waals surface area contributed by atoms with E-state index in [-0.39, 0.29) is 18.0 Å². The maximum absolute atomic E-state index is 14.0. The van der Waals surface area contributed by atoms with Crippen molar-refractivity contribution in [2.45, 2.75) is 63.5 Å². The van der Waals surface area contributed by atoms with E-state index in [1.807, 2.05) is 18.5 Å². The van der Waals surface area contributed by atoms with E-state index in [9.17, 15) is 4.79 Å². The van der Waals surface area contributed by atoms with Gasteiger partial charge in [0, 0.05) is 35.9 Å². The molecule has 2 saturated carbocycles. The van der Waals surface area contributed by atoms with Gasteiger partial charge in [0.05, 0.1) is 23.6 Å². The summed E-state index contributed by atoms with van der Waals surface area (Å²) in [7, 11) is 0. The summed E-state index contributed by atoms with van der Waals surface area (Å²) in [4.78, 5) is 26.8. The molecule has 4 aliphatic rings. The van der Waals surface area contributed by atoms with Crippen LogP contribution in [0.2, 0.25) is 5.02 Å². The standard InChI is InChI=1S/C25H27ClN6O/c1-15-17-10-20(11-17)31(22(15)6-7-24-27-13-18(14-28-24)16-2-3-16)25(33)21-12-19(26)4-5-23(21)32-29-8-9-30-32/h4-5,8-9,12-17,20,22H,2-3,6-7,10-11H2,1H3/t15-,17?,20?,22?/m1/s1. The Balaban J connectivity index is 1.26. The van der Waals surface area contributed by atoms with Crippen LogP contribution in [0.1, 0.15) is 66.7 Å². The molecule has 8 heteroatoms. The van der Waals surface area contributed by atoms with E-state index >= 15 is 0 Å². The van der Waals surface area contributed by atoms with E-state index < -0.39 is 0 Å². The van der Waals surface area contributed by atoms with Crippen LogP contribution in [0, 0.1) is 11.8 Å². The van der Waals surface area contributed by atoms with Crippen LogP contribution in [0.4, 0.5) is 0 Å². The van der Waals surface area contributed by atoms with Gasteiger partial charge in [-0.3, -0.25) is 4.79 Å². The molecule has 2 aliphatic heterocycles. The van der Waals surface area contributed by atoms with Gasteiger partial charge in [-0.1, -0.05) is 18.5 Å². The molecule has 1 aromatic carbocycles. The number of carbonyl (C=O) groups is 1. The lowest BCUT2D eigenvalue weighted by Gasteiger charge is -2.57. The van der Waals surface area contributed by atoms with Crippen molar-refractivity contribution in [1.29, 1.82) is 0 Å². The number of hydrogen-bond acceptors (Lipinski definition) is 5. The highest BCUT2D eigenvalue weighted by Gasteiger charge is 2.50. The summed E-state index contributed by atoms with van der Waals surface area (Å²) in [6.45, 7) is 2.29. The van der Waals surface area contributed by atoms with Gasteiger partial charge in [0.15, 0.2) is 0 Å². The van der Waals surface area contributed by atoms with Crippen molar-refractivity contribution >= 4 is 17.5 Å².